The molecule has 2 aromatic carbocycles. The maximum absolute atomic E-state index is 12.9. The van der Waals surface area contributed by atoms with Gasteiger partial charge in [0.25, 0.3) is 5.56 Å². The summed E-state index contributed by atoms with van der Waals surface area (Å²) >= 11 is 14.5. The van der Waals surface area contributed by atoms with Crippen molar-refractivity contribution in [3.63, 3.8) is 0 Å². The van der Waals surface area contributed by atoms with Gasteiger partial charge in [-0.05, 0) is 26.0 Å². The van der Waals surface area contributed by atoms with Gasteiger partial charge in [-0.3, -0.25) is 9.78 Å². The number of thiazole rings is 1. The van der Waals surface area contributed by atoms with Crippen LogP contribution in [0.2, 0.25) is 10.0 Å². The molecule has 0 bridgehead atoms. The molecule has 0 aliphatic heterocycles. The fraction of sp³-hybridized carbons (Fsp3) is 0.240. The second-order valence-electron chi connectivity index (χ2n) is 8.54. The molecule has 12 heteroatoms. The van der Waals surface area contributed by atoms with Gasteiger partial charge in [0.05, 0.1) is 18.0 Å². The van der Waals surface area contributed by atoms with Gasteiger partial charge in [-0.1, -0.05) is 53.5 Å². The standard InChI is InChI=1S/C25H22Cl2N4O5S/c1-25(2,19-16(26)11-15(12-17(19)27)31-24(35)29-18(33)13-28-31)23-30-20(14-7-4-3-5-8-14)21(37-23)22(34)36-10-6-9-32/h3-5,7-8,11-13,32H,6,9-10H2,1-2H3,(H,29,33,35). The van der Waals surface area contributed by atoms with Crippen molar-refractivity contribution >= 4 is 40.5 Å². The number of carbonyl (C=O) groups is 1. The number of aliphatic hydroxyl groups is 1. The number of hydrogen-bond acceptors (Lipinski definition) is 8. The topological polar surface area (TPSA) is 127 Å². The van der Waals surface area contributed by atoms with E-state index in [4.69, 9.17) is 38.0 Å². The van der Waals surface area contributed by atoms with Crippen molar-refractivity contribution < 1.29 is 14.6 Å². The van der Waals surface area contributed by atoms with Crippen LogP contribution < -0.4 is 11.2 Å². The van der Waals surface area contributed by atoms with Crippen molar-refractivity contribution in [3.8, 4) is 16.9 Å². The first-order valence-corrected chi connectivity index (χ1v) is 12.7. The summed E-state index contributed by atoms with van der Waals surface area (Å²) in [5.41, 5.74) is -0.197. The highest BCUT2D eigenvalue weighted by Crippen LogP contribution is 2.44. The number of benzene rings is 2. The van der Waals surface area contributed by atoms with E-state index in [9.17, 15) is 14.4 Å². The Balaban J connectivity index is 1.80. The van der Waals surface area contributed by atoms with Crippen LogP contribution in [-0.2, 0) is 10.2 Å². The van der Waals surface area contributed by atoms with Gasteiger partial charge in [-0.25, -0.2) is 14.6 Å². The monoisotopic (exact) mass is 560 g/mol. The van der Waals surface area contributed by atoms with E-state index in [1.165, 1.54) is 23.5 Å². The van der Waals surface area contributed by atoms with Gasteiger partial charge in [-0.15, -0.1) is 11.3 Å². The molecular formula is C25H22Cl2N4O5S. The fourth-order valence-corrected chi connectivity index (χ4v) is 5.77. The molecule has 4 rings (SSSR count). The fourth-order valence-electron chi connectivity index (χ4n) is 3.74. The Hall–Kier alpha value is -3.31. The Morgan fingerprint density at radius 1 is 1.16 bits per heavy atom. The number of hydrogen-bond donors (Lipinski definition) is 2. The van der Waals surface area contributed by atoms with E-state index in [2.05, 4.69) is 10.1 Å². The molecule has 0 fully saturated rings. The van der Waals surface area contributed by atoms with Crippen molar-refractivity contribution in [3.05, 3.63) is 95.0 Å². The van der Waals surface area contributed by atoms with Gasteiger partial charge in [0.1, 0.15) is 16.1 Å². The lowest BCUT2D eigenvalue weighted by atomic mass is 9.85. The first-order chi connectivity index (χ1) is 17.6. The summed E-state index contributed by atoms with van der Waals surface area (Å²) in [6, 6.07) is 12.3. The molecule has 192 valence electrons. The second kappa shape index (κ2) is 11.0. The second-order valence-corrected chi connectivity index (χ2v) is 10.3. The van der Waals surface area contributed by atoms with Crippen LogP contribution >= 0.6 is 34.5 Å². The Kier molecular flexibility index (Phi) is 7.93. The lowest BCUT2D eigenvalue weighted by Gasteiger charge is -2.25. The minimum absolute atomic E-state index is 0.0808. The number of halogens is 2. The van der Waals surface area contributed by atoms with Crippen LogP contribution in [0.25, 0.3) is 16.9 Å². The van der Waals surface area contributed by atoms with E-state index in [-0.39, 0.29) is 28.9 Å². The lowest BCUT2D eigenvalue weighted by Crippen LogP contribution is -2.30. The summed E-state index contributed by atoms with van der Waals surface area (Å²) < 4.78 is 6.33. The Labute approximate surface area is 225 Å². The zero-order valence-corrected chi connectivity index (χ0v) is 22.2. The summed E-state index contributed by atoms with van der Waals surface area (Å²) in [6.45, 7) is 3.74. The third-order valence-corrected chi connectivity index (χ3v) is 7.49. The van der Waals surface area contributed by atoms with Crippen LogP contribution in [-0.4, -0.2) is 44.0 Å². The summed E-state index contributed by atoms with van der Waals surface area (Å²) in [5.74, 6) is -0.539. The minimum atomic E-state index is -0.853. The highest BCUT2D eigenvalue weighted by Gasteiger charge is 2.34. The van der Waals surface area contributed by atoms with Gasteiger partial charge in [0.15, 0.2) is 0 Å². The molecule has 0 aliphatic carbocycles. The molecule has 0 aliphatic rings. The number of aromatic nitrogens is 4. The van der Waals surface area contributed by atoms with Crippen LogP contribution in [0, 0.1) is 0 Å². The van der Waals surface area contributed by atoms with E-state index in [1.54, 1.807) is 0 Å². The summed E-state index contributed by atoms with van der Waals surface area (Å²) in [5, 5.41) is 13.9. The quantitative estimate of drug-likeness (QED) is 0.244. The molecular weight excluding hydrogens is 539 g/mol. The van der Waals surface area contributed by atoms with Gasteiger partial charge >= 0.3 is 11.7 Å². The number of ether oxygens (including phenoxy) is 1. The molecule has 9 nitrogen and oxygen atoms in total. The number of aromatic amines is 1. The maximum atomic E-state index is 12.9. The van der Waals surface area contributed by atoms with Crippen molar-refractivity contribution in [2.45, 2.75) is 25.7 Å². The zero-order chi connectivity index (χ0) is 26.7. The van der Waals surface area contributed by atoms with Crippen LogP contribution in [0.5, 0.6) is 0 Å². The molecule has 0 saturated carbocycles. The maximum Gasteiger partial charge on any atom is 0.350 e. The normalized spacial score (nSPS) is 11.5. The summed E-state index contributed by atoms with van der Waals surface area (Å²) in [6.07, 6.45) is 1.30. The first-order valence-electron chi connectivity index (χ1n) is 11.2. The Morgan fingerprint density at radius 2 is 1.84 bits per heavy atom. The zero-order valence-electron chi connectivity index (χ0n) is 19.8. The highest BCUT2D eigenvalue weighted by molar-refractivity contribution is 7.14. The summed E-state index contributed by atoms with van der Waals surface area (Å²) in [4.78, 5) is 43.8. The Morgan fingerprint density at radius 3 is 2.46 bits per heavy atom. The van der Waals surface area contributed by atoms with Crippen molar-refractivity contribution in [2.75, 3.05) is 13.2 Å². The first kappa shape index (κ1) is 26.7. The number of H-pyrrole nitrogens is 1. The van der Waals surface area contributed by atoms with Gasteiger partial charge in [0, 0.05) is 39.6 Å². The van der Waals surface area contributed by atoms with E-state index < -0.39 is 22.6 Å². The summed E-state index contributed by atoms with van der Waals surface area (Å²) in [7, 11) is 0. The molecule has 0 radical (unpaired) electrons. The Bertz CT molecular complexity index is 1540. The van der Waals surface area contributed by atoms with E-state index in [0.29, 0.717) is 27.6 Å². The van der Waals surface area contributed by atoms with Crippen LogP contribution in [0.15, 0.2) is 58.3 Å². The number of nitrogens with zero attached hydrogens (tertiary/aromatic N) is 3. The molecule has 0 atom stereocenters. The number of rotatable bonds is 8. The smallest absolute Gasteiger partial charge is 0.350 e. The van der Waals surface area contributed by atoms with Crippen molar-refractivity contribution in [2.24, 2.45) is 0 Å². The number of carbonyl (C=O) groups excluding carboxylic acids is 1. The van der Waals surface area contributed by atoms with Crippen molar-refractivity contribution in [1.29, 1.82) is 0 Å². The predicted molar refractivity (Wildman–Crippen MR) is 142 cm³/mol. The molecule has 2 N–H and O–H groups in total. The van der Waals surface area contributed by atoms with E-state index >= 15 is 0 Å². The third-order valence-electron chi connectivity index (χ3n) is 5.54. The predicted octanol–water partition coefficient (Wildman–Crippen LogP) is 4.22. The average Bonchev–Trinajstić information content (AvgIpc) is 3.31. The van der Waals surface area contributed by atoms with E-state index in [0.717, 1.165) is 16.4 Å². The number of aliphatic hydroxyl groups excluding tert-OH is 1. The van der Waals surface area contributed by atoms with E-state index in [1.807, 2.05) is 44.2 Å². The molecule has 2 heterocycles. The number of nitrogens with one attached hydrogen (secondary N) is 1. The number of esters is 1. The molecule has 0 unspecified atom stereocenters. The van der Waals surface area contributed by atoms with Gasteiger partial charge in [-0.2, -0.15) is 9.78 Å². The average molecular weight is 561 g/mol. The molecule has 0 spiro atoms. The molecule has 4 aromatic rings. The highest BCUT2D eigenvalue weighted by atomic mass is 35.5. The molecule has 37 heavy (non-hydrogen) atoms. The molecule has 0 amide bonds. The third kappa shape index (κ3) is 5.52. The van der Waals surface area contributed by atoms with Crippen molar-refractivity contribution in [1.82, 2.24) is 19.7 Å². The molecule has 0 saturated heterocycles. The van der Waals surface area contributed by atoms with Crippen LogP contribution in [0.4, 0.5) is 0 Å². The van der Waals surface area contributed by atoms with Gasteiger partial charge < -0.3 is 9.84 Å². The van der Waals surface area contributed by atoms with Crippen LogP contribution in [0.1, 0.15) is 40.5 Å². The van der Waals surface area contributed by atoms with Gasteiger partial charge in [0.2, 0.25) is 0 Å². The minimum Gasteiger partial charge on any atom is -0.461 e. The van der Waals surface area contributed by atoms with Crippen LogP contribution in [0.3, 0.4) is 0 Å². The lowest BCUT2D eigenvalue weighted by molar-refractivity contribution is 0.0488. The largest absolute Gasteiger partial charge is 0.461 e. The molecule has 2 aromatic heterocycles. The SMILES string of the molecule is CC(C)(c1nc(-c2ccccc2)c(C(=O)OCCCO)s1)c1c(Cl)cc(-n2ncc(=O)[nH]c2=O)cc1Cl.